The van der Waals surface area contributed by atoms with Crippen molar-refractivity contribution < 1.29 is 17.7 Å². The Balaban J connectivity index is 2.60. The summed E-state index contributed by atoms with van der Waals surface area (Å²) in [6.45, 7) is 5.54. The molecule has 0 aliphatic rings. The molecule has 126 valence electrons. The molecule has 7 nitrogen and oxygen atoms in total. The van der Waals surface area contributed by atoms with Crippen molar-refractivity contribution in [2.75, 3.05) is 24.2 Å². The van der Waals surface area contributed by atoms with Crippen LogP contribution in [0.5, 0.6) is 0 Å². The molecule has 0 radical (unpaired) electrons. The molecule has 1 rings (SSSR count). The maximum atomic E-state index is 12.1. The van der Waals surface area contributed by atoms with E-state index in [1.54, 1.807) is 19.9 Å². The first-order valence-corrected chi connectivity index (χ1v) is 9.21. The highest BCUT2D eigenvalue weighted by atomic mass is 32.2. The molecule has 1 aromatic rings. The van der Waals surface area contributed by atoms with Gasteiger partial charge in [0.15, 0.2) is 5.82 Å². The molecule has 8 heteroatoms. The second-order valence-electron chi connectivity index (χ2n) is 5.17. The Hall–Kier alpha value is -1.41. The SMILES string of the molecule is CCCCCCN(CC(=O)Nc1cc(C)on1)S(=O)(=O)CC. The van der Waals surface area contributed by atoms with E-state index in [1.807, 2.05) is 0 Å². The molecule has 0 saturated heterocycles. The smallest absolute Gasteiger partial charge is 0.240 e. The third-order valence-electron chi connectivity index (χ3n) is 3.23. The van der Waals surface area contributed by atoms with Crippen molar-refractivity contribution in [1.29, 1.82) is 0 Å². The van der Waals surface area contributed by atoms with E-state index in [0.717, 1.165) is 25.7 Å². The number of anilines is 1. The Labute approximate surface area is 132 Å². The summed E-state index contributed by atoms with van der Waals surface area (Å²) in [5.41, 5.74) is 0. The van der Waals surface area contributed by atoms with Gasteiger partial charge in [0.2, 0.25) is 15.9 Å². The number of carbonyl (C=O) groups is 1. The second-order valence-corrected chi connectivity index (χ2v) is 7.42. The zero-order valence-electron chi connectivity index (χ0n) is 13.5. The van der Waals surface area contributed by atoms with Crippen LogP contribution in [0.4, 0.5) is 5.82 Å². The van der Waals surface area contributed by atoms with Crippen LogP contribution in [0, 0.1) is 6.92 Å². The fourth-order valence-electron chi connectivity index (χ4n) is 1.98. The largest absolute Gasteiger partial charge is 0.360 e. The highest BCUT2D eigenvalue weighted by molar-refractivity contribution is 7.89. The molecule has 1 N–H and O–H groups in total. The molecule has 0 aromatic carbocycles. The molecule has 0 saturated carbocycles. The summed E-state index contributed by atoms with van der Waals surface area (Å²) >= 11 is 0. The van der Waals surface area contributed by atoms with Gasteiger partial charge in [-0.1, -0.05) is 31.3 Å². The van der Waals surface area contributed by atoms with Gasteiger partial charge in [0.05, 0.1) is 12.3 Å². The number of amides is 1. The minimum atomic E-state index is -3.40. The van der Waals surface area contributed by atoms with E-state index >= 15 is 0 Å². The summed E-state index contributed by atoms with van der Waals surface area (Å²) in [7, 11) is -3.40. The molecule has 0 aliphatic carbocycles. The summed E-state index contributed by atoms with van der Waals surface area (Å²) in [6, 6.07) is 1.58. The molecule has 0 spiro atoms. The van der Waals surface area contributed by atoms with Crippen LogP contribution in [-0.4, -0.2) is 42.6 Å². The first-order chi connectivity index (χ1) is 10.4. The maximum Gasteiger partial charge on any atom is 0.240 e. The van der Waals surface area contributed by atoms with Crippen LogP contribution in [-0.2, 0) is 14.8 Å². The molecule has 0 bridgehead atoms. The number of hydrogen-bond donors (Lipinski definition) is 1. The fourth-order valence-corrected chi connectivity index (χ4v) is 3.07. The minimum absolute atomic E-state index is 0.0167. The van der Waals surface area contributed by atoms with Crippen LogP contribution in [0.15, 0.2) is 10.6 Å². The molecular weight excluding hydrogens is 306 g/mol. The van der Waals surface area contributed by atoms with Gasteiger partial charge < -0.3 is 9.84 Å². The number of hydrogen-bond acceptors (Lipinski definition) is 5. The number of nitrogens with one attached hydrogen (secondary N) is 1. The molecule has 1 amide bonds. The van der Waals surface area contributed by atoms with Crippen molar-refractivity contribution in [3.05, 3.63) is 11.8 Å². The number of aryl methyl sites for hydroxylation is 1. The number of sulfonamides is 1. The number of nitrogens with zero attached hydrogens (tertiary/aromatic N) is 2. The first kappa shape index (κ1) is 18.6. The maximum absolute atomic E-state index is 12.1. The highest BCUT2D eigenvalue weighted by Gasteiger charge is 2.22. The van der Waals surface area contributed by atoms with E-state index in [2.05, 4.69) is 17.4 Å². The molecule has 1 aromatic heterocycles. The Morgan fingerprint density at radius 2 is 2.05 bits per heavy atom. The highest BCUT2D eigenvalue weighted by Crippen LogP contribution is 2.09. The molecular formula is C14H25N3O4S. The van der Waals surface area contributed by atoms with E-state index in [-0.39, 0.29) is 12.3 Å². The monoisotopic (exact) mass is 331 g/mol. The molecule has 1 heterocycles. The fraction of sp³-hybridized carbons (Fsp3) is 0.714. The molecule has 0 aliphatic heterocycles. The standard InChI is InChI=1S/C14H25N3O4S/c1-4-6-7-8-9-17(22(19,20)5-2)11-14(18)15-13-10-12(3)21-16-13/h10H,4-9,11H2,1-3H3,(H,15,16,18). The predicted octanol–water partition coefficient (Wildman–Crippen LogP) is 2.15. The van der Waals surface area contributed by atoms with Crippen LogP contribution >= 0.6 is 0 Å². The predicted molar refractivity (Wildman–Crippen MR) is 85.0 cm³/mol. The third kappa shape index (κ3) is 6.15. The lowest BCUT2D eigenvalue weighted by Crippen LogP contribution is -2.39. The zero-order chi connectivity index (χ0) is 16.6. The average Bonchev–Trinajstić information content (AvgIpc) is 2.87. The number of aromatic nitrogens is 1. The molecule has 0 unspecified atom stereocenters. The van der Waals surface area contributed by atoms with Gasteiger partial charge in [0.25, 0.3) is 0 Å². The van der Waals surface area contributed by atoms with E-state index in [9.17, 15) is 13.2 Å². The Bertz CT molecular complexity index is 568. The number of rotatable bonds is 10. The van der Waals surface area contributed by atoms with Crippen molar-refractivity contribution in [2.24, 2.45) is 0 Å². The van der Waals surface area contributed by atoms with Crippen molar-refractivity contribution >= 4 is 21.7 Å². The quantitative estimate of drug-likeness (QED) is 0.663. The molecule has 0 atom stereocenters. The van der Waals surface area contributed by atoms with Gasteiger partial charge in [-0.05, 0) is 20.3 Å². The van der Waals surface area contributed by atoms with Crippen LogP contribution < -0.4 is 5.32 Å². The number of unbranched alkanes of at least 4 members (excludes halogenated alkanes) is 3. The zero-order valence-corrected chi connectivity index (χ0v) is 14.3. The van der Waals surface area contributed by atoms with Gasteiger partial charge in [0, 0.05) is 12.6 Å². The topological polar surface area (TPSA) is 92.5 Å². The summed E-state index contributed by atoms with van der Waals surface area (Å²) in [6.07, 6.45) is 3.84. The van der Waals surface area contributed by atoms with Gasteiger partial charge >= 0.3 is 0 Å². The Morgan fingerprint density at radius 1 is 1.32 bits per heavy atom. The van der Waals surface area contributed by atoms with Crippen LogP contribution in [0.1, 0.15) is 45.3 Å². The normalized spacial score (nSPS) is 11.8. The van der Waals surface area contributed by atoms with Crippen LogP contribution in [0.2, 0.25) is 0 Å². The van der Waals surface area contributed by atoms with Gasteiger partial charge in [-0.15, -0.1) is 0 Å². The van der Waals surface area contributed by atoms with Crippen molar-refractivity contribution in [2.45, 2.75) is 46.5 Å². The lowest BCUT2D eigenvalue weighted by atomic mass is 10.2. The second kappa shape index (κ2) is 8.89. The third-order valence-corrected chi connectivity index (χ3v) is 5.06. The van der Waals surface area contributed by atoms with Gasteiger partial charge in [0.1, 0.15) is 5.76 Å². The van der Waals surface area contributed by atoms with Crippen molar-refractivity contribution in [3.63, 3.8) is 0 Å². The summed E-state index contributed by atoms with van der Waals surface area (Å²) < 4.78 is 30.2. The van der Waals surface area contributed by atoms with Crippen molar-refractivity contribution in [3.8, 4) is 0 Å². The summed E-state index contributed by atoms with van der Waals surface area (Å²) in [5.74, 6) is 0.438. The number of carbonyl (C=O) groups excluding carboxylic acids is 1. The molecule has 0 fully saturated rings. The average molecular weight is 331 g/mol. The summed E-state index contributed by atoms with van der Waals surface area (Å²) in [5, 5.41) is 6.20. The first-order valence-electron chi connectivity index (χ1n) is 7.60. The van der Waals surface area contributed by atoms with E-state index < -0.39 is 15.9 Å². The van der Waals surface area contributed by atoms with Gasteiger partial charge in [-0.2, -0.15) is 4.31 Å². The van der Waals surface area contributed by atoms with Crippen molar-refractivity contribution in [1.82, 2.24) is 9.46 Å². The van der Waals surface area contributed by atoms with E-state index in [0.29, 0.717) is 18.1 Å². The Kier molecular flexibility index (Phi) is 7.53. The molecule has 22 heavy (non-hydrogen) atoms. The van der Waals surface area contributed by atoms with Gasteiger partial charge in [-0.3, -0.25) is 4.79 Å². The Morgan fingerprint density at radius 3 is 2.59 bits per heavy atom. The minimum Gasteiger partial charge on any atom is -0.360 e. The lowest BCUT2D eigenvalue weighted by molar-refractivity contribution is -0.116. The van der Waals surface area contributed by atoms with Crippen LogP contribution in [0.25, 0.3) is 0 Å². The van der Waals surface area contributed by atoms with Crippen LogP contribution in [0.3, 0.4) is 0 Å². The van der Waals surface area contributed by atoms with Gasteiger partial charge in [-0.25, -0.2) is 8.42 Å². The van der Waals surface area contributed by atoms with E-state index in [1.165, 1.54) is 4.31 Å². The summed E-state index contributed by atoms with van der Waals surface area (Å²) in [4.78, 5) is 12.0. The lowest BCUT2D eigenvalue weighted by Gasteiger charge is -2.20. The van der Waals surface area contributed by atoms with E-state index in [4.69, 9.17) is 4.52 Å².